The second-order valence-corrected chi connectivity index (χ2v) is 4.10. The van der Waals surface area contributed by atoms with Gasteiger partial charge in [-0.3, -0.25) is 0 Å². The molecule has 0 spiro atoms. The summed E-state index contributed by atoms with van der Waals surface area (Å²) < 4.78 is 10.3. The van der Waals surface area contributed by atoms with E-state index in [1.165, 1.54) is 6.07 Å². The third kappa shape index (κ3) is 3.07. The van der Waals surface area contributed by atoms with Crippen molar-refractivity contribution in [3.63, 3.8) is 0 Å². The number of anilines is 1. The number of ether oxygens (including phenoxy) is 1. The summed E-state index contributed by atoms with van der Waals surface area (Å²) in [6.45, 7) is 1.90. The Morgan fingerprint density at radius 2 is 1.95 bits per heavy atom. The lowest BCUT2D eigenvalue weighted by Crippen LogP contribution is -2.05. The number of carbonyl (C=O) groups is 1. The lowest BCUT2D eigenvalue weighted by atomic mass is 10.2. The van der Waals surface area contributed by atoms with Crippen molar-refractivity contribution < 1.29 is 19.1 Å². The van der Waals surface area contributed by atoms with Crippen LogP contribution in [0.3, 0.4) is 0 Å². The van der Waals surface area contributed by atoms with Crippen LogP contribution in [0.4, 0.5) is 5.69 Å². The molecule has 0 saturated heterocycles. The number of benzene rings is 1. The molecule has 1 aromatic carbocycles. The fourth-order valence-electron chi connectivity index (χ4n) is 1.71. The first-order valence-corrected chi connectivity index (χ1v) is 5.84. The molecule has 2 aromatic rings. The summed E-state index contributed by atoms with van der Waals surface area (Å²) in [5, 5.41) is 12.0. The zero-order valence-corrected chi connectivity index (χ0v) is 10.7. The average Bonchev–Trinajstić information content (AvgIpc) is 2.89. The Kier molecular flexibility index (Phi) is 3.75. The standard InChI is InChI=1S/C14H15NO4/c1-9(12-7-8-13(19-12)14(16)17)15-10-3-5-11(18-2)6-4-10/h3-9,15H,1-2H3,(H,16,17). The van der Waals surface area contributed by atoms with Gasteiger partial charge in [0.1, 0.15) is 11.5 Å². The molecular formula is C14H15NO4. The minimum Gasteiger partial charge on any atom is -0.497 e. The molecule has 100 valence electrons. The van der Waals surface area contributed by atoms with Crippen molar-refractivity contribution in [2.75, 3.05) is 12.4 Å². The number of nitrogens with one attached hydrogen (secondary N) is 1. The van der Waals surface area contributed by atoms with Crippen LogP contribution < -0.4 is 10.1 Å². The minimum atomic E-state index is -1.07. The largest absolute Gasteiger partial charge is 0.497 e. The summed E-state index contributed by atoms with van der Waals surface area (Å²) in [5.74, 6) is 0.235. The van der Waals surface area contributed by atoms with Crippen molar-refractivity contribution >= 4 is 11.7 Å². The van der Waals surface area contributed by atoms with Gasteiger partial charge in [-0.25, -0.2) is 4.79 Å². The van der Waals surface area contributed by atoms with Crippen LogP contribution in [0.2, 0.25) is 0 Å². The van der Waals surface area contributed by atoms with E-state index in [0.29, 0.717) is 5.76 Å². The Morgan fingerprint density at radius 3 is 2.47 bits per heavy atom. The van der Waals surface area contributed by atoms with Gasteiger partial charge < -0.3 is 19.6 Å². The Hall–Kier alpha value is -2.43. The lowest BCUT2D eigenvalue weighted by Gasteiger charge is -2.13. The number of aromatic carboxylic acids is 1. The Morgan fingerprint density at radius 1 is 1.26 bits per heavy atom. The van der Waals surface area contributed by atoms with E-state index in [4.69, 9.17) is 14.3 Å². The average molecular weight is 261 g/mol. The Bertz CT molecular complexity index is 559. The summed E-state index contributed by atoms with van der Waals surface area (Å²) in [4.78, 5) is 10.7. The van der Waals surface area contributed by atoms with Crippen molar-refractivity contribution in [2.45, 2.75) is 13.0 Å². The molecule has 2 N–H and O–H groups in total. The van der Waals surface area contributed by atoms with E-state index >= 15 is 0 Å². The second kappa shape index (κ2) is 5.48. The van der Waals surface area contributed by atoms with Crippen LogP contribution in [0, 0.1) is 0 Å². The first-order valence-electron chi connectivity index (χ1n) is 5.84. The van der Waals surface area contributed by atoms with Crippen molar-refractivity contribution in [3.05, 3.63) is 47.9 Å². The molecule has 5 nitrogen and oxygen atoms in total. The molecule has 0 aliphatic carbocycles. The lowest BCUT2D eigenvalue weighted by molar-refractivity contribution is 0.0660. The molecule has 2 rings (SSSR count). The van der Waals surface area contributed by atoms with Gasteiger partial charge in [-0.1, -0.05) is 0 Å². The predicted molar refractivity (Wildman–Crippen MR) is 70.7 cm³/mol. The first kappa shape index (κ1) is 13.0. The van der Waals surface area contributed by atoms with Gasteiger partial charge in [0.05, 0.1) is 13.2 Å². The molecule has 0 aliphatic rings. The zero-order valence-electron chi connectivity index (χ0n) is 10.7. The van der Waals surface area contributed by atoms with Gasteiger partial charge in [0.15, 0.2) is 0 Å². The first-order chi connectivity index (χ1) is 9.10. The number of carboxylic acids is 1. The number of methoxy groups -OCH3 is 1. The molecule has 0 fully saturated rings. The van der Waals surface area contributed by atoms with Gasteiger partial charge in [-0.05, 0) is 43.3 Å². The van der Waals surface area contributed by atoms with Gasteiger partial charge in [-0.15, -0.1) is 0 Å². The highest BCUT2D eigenvalue weighted by molar-refractivity contribution is 5.84. The number of furan rings is 1. The predicted octanol–water partition coefficient (Wildman–Crippen LogP) is 3.16. The second-order valence-electron chi connectivity index (χ2n) is 4.10. The van der Waals surface area contributed by atoms with Crippen LogP contribution in [0.1, 0.15) is 29.3 Å². The Labute approximate surface area is 110 Å². The monoisotopic (exact) mass is 261 g/mol. The smallest absolute Gasteiger partial charge is 0.371 e. The van der Waals surface area contributed by atoms with Gasteiger partial charge in [0.25, 0.3) is 0 Å². The highest BCUT2D eigenvalue weighted by Crippen LogP contribution is 2.23. The van der Waals surface area contributed by atoms with Crippen molar-refractivity contribution in [2.24, 2.45) is 0 Å². The van der Waals surface area contributed by atoms with E-state index in [0.717, 1.165) is 11.4 Å². The molecule has 5 heteroatoms. The maximum Gasteiger partial charge on any atom is 0.371 e. The summed E-state index contributed by atoms with van der Waals surface area (Å²) in [6, 6.07) is 10.4. The van der Waals surface area contributed by atoms with Crippen molar-refractivity contribution in [1.29, 1.82) is 0 Å². The minimum absolute atomic E-state index is 0.0571. The summed E-state index contributed by atoms with van der Waals surface area (Å²) in [7, 11) is 1.61. The van der Waals surface area contributed by atoms with Gasteiger partial charge in [0, 0.05) is 5.69 Å². The molecule has 1 aromatic heterocycles. The van der Waals surface area contributed by atoms with E-state index in [1.807, 2.05) is 31.2 Å². The van der Waals surface area contributed by atoms with E-state index < -0.39 is 5.97 Å². The molecular weight excluding hydrogens is 246 g/mol. The number of hydrogen-bond donors (Lipinski definition) is 2. The van der Waals surface area contributed by atoms with Crippen LogP contribution in [0.5, 0.6) is 5.75 Å². The maximum atomic E-state index is 10.7. The highest BCUT2D eigenvalue weighted by atomic mass is 16.5. The van der Waals surface area contributed by atoms with Crippen LogP contribution in [0.15, 0.2) is 40.8 Å². The fraction of sp³-hybridized carbons (Fsp3) is 0.214. The van der Waals surface area contributed by atoms with Crippen LogP contribution in [-0.4, -0.2) is 18.2 Å². The molecule has 1 heterocycles. The van der Waals surface area contributed by atoms with E-state index in [-0.39, 0.29) is 11.8 Å². The maximum absolute atomic E-state index is 10.7. The summed E-state index contributed by atoms with van der Waals surface area (Å²) in [5.41, 5.74) is 0.904. The van der Waals surface area contributed by atoms with Crippen molar-refractivity contribution in [3.8, 4) is 5.75 Å². The highest BCUT2D eigenvalue weighted by Gasteiger charge is 2.13. The molecule has 1 unspecified atom stereocenters. The van der Waals surface area contributed by atoms with Gasteiger partial charge in [0.2, 0.25) is 5.76 Å². The van der Waals surface area contributed by atoms with E-state index in [2.05, 4.69) is 5.32 Å². The molecule has 0 radical (unpaired) electrons. The molecule has 19 heavy (non-hydrogen) atoms. The number of carboxylic acid groups (broad SMARTS) is 1. The quantitative estimate of drug-likeness (QED) is 0.865. The topological polar surface area (TPSA) is 71.7 Å². The van der Waals surface area contributed by atoms with Gasteiger partial charge in [-0.2, -0.15) is 0 Å². The summed E-state index contributed by atoms with van der Waals surface area (Å²) >= 11 is 0. The van der Waals surface area contributed by atoms with Crippen molar-refractivity contribution in [1.82, 2.24) is 0 Å². The fourth-order valence-corrected chi connectivity index (χ4v) is 1.71. The third-order valence-corrected chi connectivity index (χ3v) is 2.74. The Balaban J connectivity index is 2.06. The van der Waals surface area contributed by atoms with E-state index in [1.54, 1.807) is 13.2 Å². The number of hydrogen-bond acceptors (Lipinski definition) is 4. The van der Waals surface area contributed by atoms with E-state index in [9.17, 15) is 4.79 Å². The van der Waals surface area contributed by atoms with Crippen LogP contribution >= 0.6 is 0 Å². The zero-order chi connectivity index (χ0) is 13.8. The molecule has 1 atom stereocenters. The molecule has 0 aliphatic heterocycles. The normalized spacial score (nSPS) is 11.9. The number of rotatable bonds is 5. The molecule has 0 amide bonds. The molecule has 0 bridgehead atoms. The van der Waals surface area contributed by atoms with Crippen LogP contribution in [0.25, 0.3) is 0 Å². The summed E-state index contributed by atoms with van der Waals surface area (Å²) in [6.07, 6.45) is 0. The third-order valence-electron chi connectivity index (χ3n) is 2.74. The van der Waals surface area contributed by atoms with Gasteiger partial charge >= 0.3 is 5.97 Å². The molecule has 0 saturated carbocycles. The van der Waals surface area contributed by atoms with Crippen LogP contribution in [-0.2, 0) is 0 Å². The SMILES string of the molecule is COc1ccc(NC(C)c2ccc(C(=O)O)o2)cc1.